The molecule has 0 aliphatic rings. The Morgan fingerprint density at radius 1 is 1.75 bits per heavy atom. The van der Waals surface area contributed by atoms with Crippen LogP contribution in [-0.4, -0.2) is 11.8 Å². The quantitative estimate of drug-likeness (QED) is 0.726. The van der Waals surface area contributed by atoms with Crippen LogP contribution in [0.3, 0.4) is 0 Å². The third-order valence-electron chi connectivity index (χ3n) is 1.62. The van der Waals surface area contributed by atoms with Gasteiger partial charge in [-0.05, 0) is 24.8 Å². The van der Waals surface area contributed by atoms with E-state index in [4.69, 9.17) is 5.73 Å². The summed E-state index contributed by atoms with van der Waals surface area (Å²) in [4.78, 5) is 12.2. The van der Waals surface area contributed by atoms with E-state index in [1.165, 1.54) is 11.3 Å². The van der Waals surface area contributed by atoms with Crippen LogP contribution in [0, 0.1) is 0 Å². The third-order valence-corrected chi connectivity index (χ3v) is 2.53. The lowest BCUT2D eigenvalue weighted by Gasteiger charge is -2.01. The molecule has 0 amide bonds. The fraction of sp³-hybridized carbons (Fsp3) is 0.444. The molecule has 0 bridgehead atoms. The molecule has 1 atom stereocenters. The number of thiophene rings is 1. The molecule has 1 aromatic rings. The van der Waals surface area contributed by atoms with Crippen LogP contribution in [0.1, 0.15) is 29.4 Å². The Morgan fingerprint density at radius 3 is 3.00 bits per heavy atom. The molecule has 1 rings (SSSR count). The summed E-state index contributed by atoms with van der Waals surface area (Å²) < 4.78 is 0. The van der Waals surface area contributed by atoms with Gasteiger partial charge in [0.25, 0.3) is 0 Å². The number of carbonyl (C=O) groups excluding carboxylic acids is 1. The average molecular weight is 183 g/mol. The van der Waals surface area contributed by atoms with E-state index in [1.807, 2.05) is 24.4 Å². The first-order valence-electron chi connectivity index (χ1n) is 4.02. The van der Waals surface area contributed by atoms with E-state index in [-0.39, 0.29) is 11.8 Å². The molecule has 2 N–H and O–H groups in total. The van der Waals surface area contributed by atoms with Crippen LogP contribution in [0.5, 0.6) is 0 Å². The lowest BCUT2D eigenvalue weighted by molar-refractivity contribution is 0.0982. The molecule has 0 radical (unpaired) electrons. The Bertz CT molecular complexity index is 241. The summed E-state index contributed by atoms with van der Waals surface area (Å²) in [7, 11) is 0. The Labute approximate surface area is 76.4 Å². The largest absolute Gasteiger partial charge is 0.328 e. The fourth-order valence-corrected chi connectivity index (χ4v) is 1.61. The highest BCUT2D eigenvalue weighted by Gasteiger charge is 2.06. The molecular weight excluding hydrogens is 170 g/mol. The highest BCUT2D eigenvalue weighted by molar-refractivity contribution is 7.12. The van der Waals surface area contributed by atoms with E-state index >= 15 is 0 Å². The van der Waals surface area contributed by atoms with Crippen molar-refractivity contribution in [2.45, 2.75) is 25.8 Å². The van der Waals surface area contributed by atoms with Crippen LogP contribution in [-0.2, 0) is 0 Å². The predicted octanol–water partition coefficient (Wildman–Crippen LogP) is 2.06. The Morgan fingerprint density at radius 2 is 2.50 bits per heavy atom. The summed E-state index contributed by atoms with van der Waals surface area (Å²) in [6, 6.07) is 3.87. The third kappa shape index (κ3) is 2.75. The summed E-state index contributed by atoms with van der Waals surface area (Å²) in [5.41, 5.74) is 5.55. The van der Waals surface area contributed by atoms with E-state index in [9.17, 15) is 4.79 Å². The molecule has 0 aliphatic carbocycles. The van der Waals surface area contributed by atoms with Gasteiger partial charge in [-0.2, -0.15) is 0 Å². The molecule has 0 aromatic carbocycles. The number of ketones is 1. The van der Waals surface area contributed by atoms with Crippen LogP contribution < -0.4 is 5.73 Å². The lowest BCUT2D eigenvalue weighted by atomic mass is 10.1. The number of Topliss-reactive ketones (excluding diaryl/α,β-unsaturated/α-hetero) is 1. The molecule has 0 saturated carbocycles. The Balaban J connectivity index is 2.40. The zero-order valence-corrected chi connectivity index (χ0v) is 7.93. The maximum Gasteiger partial charge on any atom is 0.172 e. The zero-order valence-electron chi connectivity index (χ0n) is 7.12. The average Bonchev–Trinajstić information content (AvgIpc) is 2.51. The van der Waals surface area contributed by atoms with Gasteiger partial charge in [0.05, 0.1) is 4.88 Å². The van der Waals surface area contributed by atoms with E-state index in [0.29, 0.717) is 6.42 Å². The van der Waals surface area contributed by atoms with Crippen molar-refractivity contribution < 1.29 is 4.79 Å². The first-order valence-corrected chi connectivity index (χ1v) is 4.90. The maximum atomic E-state index is 11.4. The minimum Gasteiger partial charge on any atom is -0.328 e. The van der Waals surface area contributed by atoms with Crippen LogP contribution in [0.4, 0.5) is 0 Å². The molecule has 66 valence electrons. The van der Waals surface area contributed by atoms with E-state index < -0.39 is 0 Å². The molecule has 0 fully saturated rings. The number of hydrogen-bond acceptors (Lipinski definition) is 3. The minimum atomic E-state index is 0.119. The molecule has 12 heavy (non-hydrogen) atoms. The van der Waals surface area contributed by atoms with Crippen molar-refractivity contribution in [1.82, 2.24) is 0 Å². The number of rotatable bonds is 4. The van der Waals surface area contributed by atoms with Crippen LogP contribution >= 0.6 is 11.3 Å². The molecule has 1 heterocycles. The normalized spacial score (nSPS) is 12.8. The highest BCUT2D eigenvalue weighted by atomic mass is 32.1. The molecule has 1 aromatic heterocycles. The van der Waals surface area contributed by atoms with Crippen LogP contribution in [0.2, 0.25) is 0 Å². The zero-order chi connectivity index (χ0) is 8.97. The van der Waals surface area contributed by atoms with Gasteiger partial charge >= 0.3 is 0 Å². The SMILES string of the molecule is CC(N)CCC(=O)c1cccs1. The fourth-order valence-electron chi connectivity index (χ4n) is 0.919. The molecule has 0 spiro atoms. The maximum absolute atomic E-state index is 11.4. The van der Waals surface area contributed by atoms with Gasteiger partial charge < -0.3 is 5.73 Å². The standard InChI is InChI=1S/C9H13NOS/c1-7(10)4-5-8(11)9-3-2-6-12-9/h2-3,6-7H,4-5,10H2,1H3. The molecule has 1 unspecified atom stereocenters. The summed E-state index contributed by atoms with van der Waals surface area (Å²) in [5, 5.41) is 1.92. The van der Waals surface area contributed by atoms with Crippen molar-refractivity contribution in [3.8, 4) is 0 Å². The summed E-state index contributed by atoms with van der Waals surface area (Å²) >= 11 is 1.49. The molecule has 0 aliphatic heterocycles. The van der Waals surface area contributed by atoms with Crippen molar-refractivity contribution >= 4 is 17.1 Å². The predicted molar refractivity (Wildman–Crippen MR) is 51.5 cm³/mol. The van der Waals surface area contributed by atoms with Gasteiger partial charge in [-0.1, -0.05) is 6.07 Å². The lowest BCUT2D eigenvalue weighted by Crippen LogP contribution is -2.16. The smallest absolute Gasteiger partial charge is 0.172 e. The van der Waals surface area contributed by atoms with Crippen molar-refractivity contribution in [2.24, 2.45) is 5.73 Å². The Kier molecular flexibility index (Phi) is 3.44. The van der Waals surface area contributed by atoms with Crippen molar-refractivity contribution in [1.29, 1.82) is 0 Å². The molecule has 2 nitrogen and oxygen atoms in total. The van der Waals surface area contributed by atoms with Crippen LogP contribution in [0.15, 0.2) is 17.5 Å². The number of nitrogens with two attached hydrogens (primary N) is 1. The second kappa shape index (κ2) is 4.38. The highest BCUT2D eigenvalue weighted by Crippen LogP contribution is 2.12. The number of hydrogen-bond donors (Lipinski definition) is 1. The molecular formula is C9H13NOS. The minimum absolute atomic E-state index is 0.119. The number of carbonyl (C=O) groups is 1. The van der Waals surface area contributed by atoms with Crippen molar-refractivity contribution in [2.75, 3.05) is 0 Å². The van der Waals surface area contributed by atoms with E-state index in [1.54, 1.807) is 0 Å². The summed E-state index contributed by atoms with van der Waals surface area (Å²) in [6.45, 7) is 1.92. The first-order chi connectivity index (χ1) is 5.70. The van der Waals surface area contributed by atoms with Gasteiger partial charge in [0.2, 0.25) is 0 Å². The van der Waals surface area contributed by atoms with Crippen LogP contribution in [0.25, 0.3) is 0 Å². The van der Waals surface area contributed by atoms with Gasteiger partial charge in [-0.3, -0.25) is 4.79 Å². The van der Waals surface area contributed by atoms with Gasteiger partial charge in [-0.15, -0.1) is 11.3 Å². The summed E-state index contributed by atoms with van der Waals surface area (Å²) in [5.74, 6) is 0.210. The van der Waals surface area contributed by atoms with E-state index in [2.05, 4.69) is 0 Å². The molecule has 3 heteroatoms. The van der Waals surface area contributed by atoms with Gasteiger partial charge in [0.15, 0.2) is 5.78 Å². The van der Waals surface area contributed by atoms with Crippen molar-refractivity contribution in [3.63, 3.8) is 0 Å². The Hall–Kier alpha value is -0.670. The summed E-state index contributed by atoms with van der Waals surface area (Å²) in [6.07, 6.45) is 1.34. The second-order valence-corrected chi connectivity index (χ2v) is 3.86. The van der Waals surface area contributed by atoms with Gasteiger partial charge in [-0.25, -0.2) is 0 Å². The monoisotopic (exact) mass is 183 g/mol. The van der Waals surface area contributed by atoms with Gasteiger partial charge in [0.1, 0.15) is 0 Å². The van der Waals surface area contributed by atoms with E-state index in [0.717, 1.165) is 11.3 Å². The first kappa shape index (κ1) is 9.42. The van der Waals surface area contributed by atoms with Crippen molar-refractivity contribution in [3.05, 3.63) is 22.4 Å². The topological polar surface area (TPSA) is 43.1 Å². The molecule has 0 saturated heterocycles. The van der Waals surface area contributed by atoms with Gasteiger partial charge in [0, 0.05) is 12.5 Å². The second-order valence-electron chi connectivity index (χ2n) is 2.92.